The topological polar surface area (TPSA) is 52.0 Å². The van der Waals surface area contributed by atoms with Crippen molar-refractivity contribution in [3.05, 3.63) is 83.4 Å². The number of nitrogens with two attached hydrogens (primary N) is 2. The monoisotopic (exact) mass is 262 g/mol. The Bertz CT molecular complexity index is 729. The average molecular weight is 262 g/mol. The van der Waals surface area contributed by atoms with E-state index >= 15 is 0 Å². The van der Waals surface area contributed by atoms with Gasteiger partial charge in [0.1, 0.15) is 0 Å². The molecule has 0 aromatic heterocycles. The van der Waals surface area contributed by atoms with Gasteiger partial charge in [-0.3, -0.25) is 0 Å². The van der Waals surface area contributed by atoms with E-state index in [9.17, 15) is 0 Å². The summed E-state index contributed by atoms with van der Waals surface area (Å²) < 4.78 is 0. The van der Waals surface area contributed by atoms with E-state index in [2.05, 4.69) is 48.5 Å². The zero-order valence-corrected chi connectivity index (χ0v) is 11.3. The van der Waals surface area contributed by atoms with Gasteiger partial charge in [0, 0.05) is 6.54 Å². The minimum Gasteiger partial charge on any atom is -0.326 e. The minimum absolute atomic E-state index is 0.132. The van der Waals surface area contributed by atoms with Crippen molar-refractivity contribution in [1.29, 1.82) is 0 Å². The quantitative estimate of drug-likeness (QED) is 0.760. The third kappa shape index (κ3) is 2.31. The van der Waals surface area contributed by atoms with Crippen molar-refractivity contribution in [2.45, 2.75) is 12.6 Å². The Kier molecular flexibility index (Phi) is 3.50. The molecule has 1 atom stereocenters. The lowest BCUT2D eigenvalue weighted by Crippen LogP contribution is -2.13. The molecule has 3 aromatic rings. The standard InChI is InChI=1S/C18H18N2/c19-12-13-5-3-8-15(11-13)18(20)17-10-4-7-14-6-1-2-9-16(14)17/h1-11,18H,12,19-20H2. The predicted molar refractivity (Wildman–Crippen MR) is 84.3 cm³/mol. The molecule has 0 saturated heterocycles. The van der Waals surface area contributed by atoms with Gasteiger partial charge in [-0.25, -0.2) is 0 Å². The summed E-state index contributed by atoms with van der Waals surface area (Å²) in [5, 5.41) is 2.43. The molecule has 100 valence electrons. The summed E-state index contributed by atoms with van der Waals surface area (Å²) in [4.78, 5) is 0. The number of hydrogen-bond donors (Lipinski definition) is 2. The van der Waals surface area contributed by atoms with Crippen molar-refractivity contribution in [3.63, 3.8) is 0 Å². The molecule has 0 bridgehead atoms. The van der Waals surface area contributed by atoms with Crippen molar-refractivity contribution < 1.29 is 0 Å². The van der Waals surface area contributed by atoms with Gasteiger partial charge in [-0.1, -0.05) is 66.7 Å². The predicted octanol–water partition coefficient (Wildman–Crippen LogP) is 3.35. The molecule has 3 aromatic carbocycles. The maximum absolute atomic E-state index is 6.47. The molecular formula is C18H18N2. The molecule has 0 radical (unpaired) electrons. The molecule has 4 N–H and O–H groups in total. The Morgan fingerprint density at radius 2 is 1.60 bits per heavy atom. The van der Waals surface area contributed by atoms with Crippen LogP contribution in [0.15, 0.2) is 66.7 Å². The highest BCUT2D eigenvalue weighted by molar-refractivity contribution is 5.86. The Morgan fingerprint density at radius 3 is 2.45 bits per heavy atom. The smallest absolute Gasteiger partial charge is 0.0557 e. The zero-order chi connectivity index (χ0) is 13.9. The fourth-order valence-electron chi connectivity index (χ4n) is 2.61. The van der Waals surface area contributed by atoms with Gasteiger partial charge in [-0.15, -0.1) is 0 Å². The van der Waals surface area contributed by atoms with Crippen molar-refractivity contribution >= 4 is 10.8 Å². The summed E-state index contributed by atoms with van der Waals surface area (Å²) in [5.41, 5.74) is 15.5. The fraction of sp³-hybridized carbons (Fsp3) is 0.111. The van der Waals surface area contributed by atoms with Crippen LogP contribution in [0, 0.1) is 0 Å². The molecule has 1 unspecified atom stereocenters. The Hall–Kier alpha value is -2.16. The minimum atomic E-state index is -0.132. The second kappa shape index (κ2) is 5.45. The van der Waals surface area contributed by atoms with Crippen LogP contribution >= 0.6 is 0 Å². The third-order valence-electron chi connectivity index (χ3n) is 3.70. The van der Waals surface area contributed by atoms with Gasteiger partial charge in [0.25, 0.3) is 0 Å². The highest BCUT2D eigenvalue weighted by Gasteiger charge is 2.12. The molecule has 3 rings (SSSR count). The highest BCUT2D eigenvalue weighted by Crippen LogP contribution is 2.27. The first kappa shape index (κ1) is 12.9. The van der Waals surface area contributed by atoms with Crippen LogP contribution in [0.5, 0.6) is 0 Å². The van der Waals surface area contributed by atoms with E-state index in [0.29, 0.717) is 6.54 Å². The second-order valence-electron chi connectivity index (χ2n) is 5.00. The summed E-state index contributed by atoms with van der Waals surface area (Å²) in [6.07, 6.45) is 0. The fourth-order valence-corrected chi connectivity index (χ4v) is 2.61. The molecular weight excluding hydrogens is 244 g/mol. The van der Waals surface area contributed by atoms with E-state index in [1.807, 2.05) is 18.2 Å². The lowest BCUT2D eigenvalue weighted by molar-refractivity contribution is 0.875. The van der Waals surface area contributed by atoms with Gasteiger partial charge in [0.2, 0.25) is 0 Å². The maximum atomic E-state index is 6.47. The van der Waals surface area contributed by atoms with Crippen molar-refractivity contribution in [1.82, 2.24) is 0 Å². The normalized spacial score (nSPS) is 12.5. The Labute approximate surface area is 119 Å². The van der Waals surface area contributed by atoms with Gasteiger partial charge in [-0.05, 0) is 27.5 Å². The van der Waals surface area contributed by atoms with E-state index in [-0.39, 0.29) is 6.04 Å². The summed E-state index contributed by atoms with van der Waals surface area (Å²) in [7, 11) is 0. The van der Waals surface area contributed by atoms with Gasteiger partial charge < -0.3 is 11.5 Å². The van der Waals surface area contributed by atoms with Crippen LogP contribution in [-0.4, -0.2) is 0 Å². The van der Waals surface area contributed by atoms with E-state index in [1.165, 1.54) is 10.8 Å². The molecule has 0 aliphatic carbocycles. The zero-order valence-electron chi connectivity index (χ0n) is 11.3. The van der Waals surface area contributed by atoms with Crippen molar-refractivity contribution in [2.75, 3.05) is 0 Å². The molecule has 0 aliphatic rings. The van der Waals surface area contributed by atoms with Crippen LogP contribution in [-0.2, 0) is 6.54 Å². The number of hydrogen-bond acceptors (Lipinski definition) is 2. The van der Waals surface area contributed by atoms with Gasteiger partial charge in [0.05, 0.1) is 6.04 Å². The Morgan fingerprint density at radius 1 is 0.850 bits per heavy atom. The van der Waals surface area contributed by atoms with Gasteiger partial charge >= 0.3 is 0 Å². The highest BCUT2D eigenvalue weighted by atomic mass is 14.6. The largest absolute Gasteiger partial charge is 0.326 e. The average Bonchev–Trinajstić information content (AvgIpc) is 2.53. The van der Waals surface area contributed by atoms with Gasteiger partial charge in [0.15, 0.2) is 0 Å². The van der Waals surface area contributed by atoms with Crippen LogP contribution in [0.1, 0.15) is 22.7 Å². The molecule has 20 heavy (non-hydrogen) atoms. The number of rotatable bonds is 3. The first-order valence-electron chi connectivity index (χ1n) is 6.82. The molecule has 0 spiro atoms. The summed E-state index contributed by atoms with van der Waals surface area (Å²) in [5.74, 6) is 0. The first-order chi connectivity index (χ1) is 9.79. The van der Waals surface area contributed by atoms with E-state index in [1.54, 1.807) is 0 Å². The molecule has 0 amide bonds. The first-order valence-corrected chi connectivity index (χ1v) is 6.82. The van der Waals surface area contributed by atoms with Crippen LogP contribution in [0.2, 0.25) is 0 Å². The lowest BCUT2D eigenvalue weighted by atomic mass is 9.93. The van der Waals surface area contributed by atoms with Crippen LogP contribution in [0.3, 0.4) is 0 Å². The Balaban J connectivity index is 2.10. The van der Waals surface area contributed by atoms with Crippen molar-refractivity contribution in [2.24, 2.45) is 11.5 Å². The molecule has 0 fully saturated rings. The van der Waals surface area contributed by atoms with Crippen LogP contribution in [0.4, 0.5) is 0 Å². The third-order valence-corrected chi connectivity index (χ3v) is 3.70. The second-order valence-corrected chi connectivity index (χ2v) is 5.00. The number of fused-ring (bicyclic) bond motifs is 1. The lowest BCUT2D eigenvalue weighted by Gasteiger charge is -2.16. The molecule has 0 aliphatic heterocycles. The van der Waals surface area contributed by atoms with Crippen LogP contribution in [0.25, 0.3) is 10.8 Å². The summed E-state index contributed by atoms with van der Waals surface area (Å²) in [6, 6.07) is 22.7. The molecule has 2 nitrogen and oxygen atoms in total. The van der Waals surface area contributed by atoms with Crippen molar-refractivity contribution in [3.8, 4) is 0 Å². The molecule has 2 heteroatoms. The molecule has 0 heterocycles. The van der Waals surface area contributed by atoms with Crippen LogP contribution < -0.4 is 11.5 Å². The SMILES string of the molecule is NCc1cccc(C(N)c2cccc3ccccc23)c1. The molecule has 0 saturated carbocycles. The van der Waals surface area contributed by atoms with E-state index in [4.69, 9.17) is 11.5 Å². The summed E-state index contributed by atoms with van der Waals surface area (Å²) in [6.45, 7) is 0.538. The van der Waals surface area contributed by atoms with E-state index < -0.39 is 0 Å². The van der Waals surface area contributed by atoms with Gasteiger partial charge in [-0.2, -0.15) is 0 Å². The maximum Gasteiger partial charge on any atom is 0.0557 e. The number of benzene rings is 3. The van der Waals surface area contributed by atoms with E-state index in [0.717, 1.165) is 16.7 Å². The summed E-state index contributed by atoms with van der Waals surface area (Å²) >= 11 is 0.